The van der Waals surface area contributed by atoms with Crippen molar-refractivity contribution in [2.24, 2.45) is 0 Å². The second-order valence-corrected chi connectivity index (χ2v) is 8.34. The Morgan fingerprint density at radius 1 is 0.526 bits per heavy atom. The van der Waals surface area contributed by atoms with Crippen molar-refractivity contribution in [3.05, 3.63) is 97.1 Å². The number of ether oxygens (including phenoxy) is 4. The van der Waals surface area contributed by atoms with Crippen LogP contribution in [0.3, 0.4) is 0 Å². The van der Waals surface area contributed by atoms with Crippen molar-refractivity contribution < 1.29 is 28.5 Å². The van der Waals surface area contributed by atoms with Gasteiger partial charge in [-0.05, 0) is 60.4 Å². The molecule has 0 aromatic heterocycles. The van der Waals surface area contributed by atoms with Crippen LogP contribution >= 0.6 is 0 Å². The summed E-state index contributed by atoms with van der Waals surface area (Å²) in [7, 11) is 0. The van der Waals surface area contributed by atoms with Gasteiger partial charge in [-0.15, -0.1) is 0 Å². The van der Waals surface area contributed by atoms with Gasteiger partial charge in [-0.2, -0.15) is 0 Å². The molecule has 6 heteroatoms. The van der Waals surface area contributed by atoms with E-state index < -0.39 is 11.9 Å². The number of benzene rings is 4. The van der Waals surface area contributed by atoms with Crippen LogP contribution in [0, 0.1) is 0 Å². The van der Waals surface area contributed by atoms with Gasteiger partial charge in [0, 0.05) is 11.1 Å². The van der Waals surface area contributed by atoms with Crippen LogP contribution in [-0.4, -0.2) is 38.4 Å². The number of esters is 2. The van der Waals surface area contributed by atoms with Crippen molar-refractivity contribution in [1.29, 1.82) is 0 Å². The highest BCUT2D eigenvalue weighted by molar-refractivity contribution is 5.82. The maximum Gasteiger partial charge on any atom is 0.344 e. The van der Waals surface area contributed by atoms with E-state index >= 15 is 0 Å². The SMILES string of the molecule is CCOC(=O)COc1ccc(-c2ccc(OCC(=O)OCC)c(-c3ccccc3)c2)cc1-c1ccccc1. The van der Waals surface area contributed by atoms with Gasteiger partial charge in [0.05, 0.1) is 13.2 Å². The highest BCUT2D eigenvalue weighted by Gasteiger charge is 2.15. The van der Waals surface area contributed by atoms with Gasteiger partial charge < -0.3 is 18.9 Å². The van der Waals surface area contributed by atoms with Crippen molar-refractivity contribution >= 4 is 11.9 Å². The van der Waals surface area contributed by atoms with Crippen molar-refractivity contribution in [2.45, 2.75) is 13.8 Å². The van der Waals surface area contributed by atoms with Gasteiger partial charge in [0.2, 0.25) is 0 Å². The van der Waals surface area contributed by atoms with Gasteiger partial charge in [-0.25, -0.2) is 9.59 Å². The Morgan fingerprint density at radius 2 is 0.921 bits per heavy atom. The molecule has 4 aromatic rings. The molecule has 0 aliphatic rings. The van der Waals surface area contributed by atoms with Crippen molar-refractivity contribution in [2.75, 3.05) is 26.4 Å². The molecule has 4 aromatic carbocycles. The van der Waals surface area contributed by atoms with Gasteiger partial charge in [0.15, 0.2) is 13.2 Å². The topological polar surface area (TPSA) is 71.1 Å². The predicted octanol–water partition coefficient (Wildman–Crippen LogP) is 6.57. The average molecular weight is 511 g/mol. The molecule has 0 saturated heterocycles. The summed E-state index contributed by atoms with van der Waals surface area (Å²) in [6, 6.07) is 31.5. The molecule has 194 valence electrons. The molecule has 0 bridgehead atoms. The Labute approximate surface area is 222 Å². The Hall–Kier alpha value is -4.58. The van der Waals surface area contributed by atoms with Gasteiger partial charge >= 0.3 is 11.9 Å². The van der Waals surface area contributed by atoms with E-state index in [4.69, 9.17) is 18.9 Å². The third-order valence-electron chi connectivity index (χ3n) is 5.76. The van der Waals surface area contributed by atoms with Crippen LogP contribution < -0.4 is 9.47 Å². The maximum absolute atomic E-state index is 11.9. The van der Waals surface area contributed by atoms with E-state index in [2.05, 4.69) is 0 Å². The minimum Gasteiger partial charge on any atom is -0.481 e. The van der Waals surface area contributed by atoms with E-state index in [0.29, 0.717) is 24.7 Å². The Kier molecular flexibility index (Phi) is 9.13. The molecule has 0 spiro atoms. The molecule has 0 fully saturated rings. The molecule has 0 atom stereocenters. The van der Waals surface area contributed by atoms with Gasteiger partial charge in [-0.1, -0.05) is 72.8 Å². The number of carbonyl (C=O) groups is 2. The van der Waals surface area contributed by atoms with E-state index in [1.54, 1.807) is 13.8 Å². The largest absolute Gasteiger partial charge is 0.481 e. The Morgan fingerprint density at radius 3 is 1.29 bits per heavy atom. The molecule has 0 aliphatic carbocycles. The van der Waals surface area contributed by atoms with Gasteiger partial charge in [-0.3, -0.25) is 0 Å². The molecule has 4 rings (SSSR count). The summed E-state index contributed by atoms with van der Waals surface area (Å²) in [6.45, 7) is 3.79. The zero-order valence-electron chi connectivity index (χ0n) is 21.5. The predicted molar refractivity (Wildman–Crippen MR) is 147 cm³/mol. The molecule has 0 amide bonds. The van der Waals surface area contributed by atoms with Crippen LogP contribution in [-0.2, 0) is 19.1 Å². The minimum absolute atomic E-state index is 0.169. The molecule has 6 nitrogen and oxygen atoms in total. The third-order valence-corrected chi connectivity index (χ3v) is 5.76. The number of hydrogen-bond donors (Lipinski definition) is 0. The molecule has 0 aliphatic heterocycles. The van der Waals surface area contributed by atoms with Crippen LogP contribution in [0.2, 0.25) is 0 Å². The number of hydrogen-bond acceptors (Lipinski definition) is 6. The summed E-state index contributed by atoms with van der Waals surface area (Å²) in [5.41, 5.74) is 5.56. The second-order valence-electron chi connectivity index (χ2n) is 8.34. The fourth-order valence-electron chi connectivity index (χ4n) is 4.04. The lowest BCUT2D eigenvalue weighted by atomic mass is 9.95. The van der Waals surface area contributed by atoms with Crippen LogP contribution in [0.1, 0.15) is 13.8 Å². The highest BCUT2D eigenvalue weighted by atomic mass is 16.6. The molecule has 0 saturated carbocycles. The lowest BCUT2D eigenvalue weighted by Gasteiger charge is -2.16. The van der Waals surface area contributed by atoms with Crippen LogP contribution in [0.4, 0.5) is 0 Å². The summed E-state index contributed by atoms with van der Waals surface area (Å²) < 4.78 is 21.7. The smallest absolute Gasteiger partial charge is 0.344 e. The monoisotopic (exact) mass is 510 g/mol. The zero-order chi connectivity index (χ0) is 26.7. The first-order valence-electron chi connectivity index (χ1n) is 12.5. The molecule has 0 unspecified atom stereocenters. The molecule has 0 radical (unpaired) electrons. The first-order chi connectivity index (χ1) is 18.6. The first-order valence-corrected chi connectivity index (χ1v) is 12.5. The normalized spacial score (nSPS) is 10.5. The van der Waals surface area contributed by atoms with Crippen LogP contribution in [0.5, 0.6) is 11.5 Å². The van der Waals surface area contributed by atoms with E-state index in [1.807, 2.05) is 97.1 Å². The van der Waals surface area contributed by atoms with E-state index in [-0.39, 0.29) is 13.2 Å². The fraction of sp³-hybridized carbons (Fsp3) is 0.188. The van der Waals surface area contributed by atoms with Crippen LogP contribution in [0.15, 0.2) is 97.1 Å². The summed E-state index contributed by atoms with van der Waals surface area (Å²) in [5.74, 6) is 0.347. The van der Waals surface area contributed by atoms with E-state index in [1.165, 1.54) is 0 Å². The van der Waals surface area contributed by atoms with Crippen molar-refractivity contribution in [3.63, 3.8) is 0 Å². The molecule has 0 heterocycles. The lowest BCUT2D eigenvalue weighted by molar-refractivity contribution is -0.146. The summed E-state index contributed by atoms with van der Waals surface area (Å²) in [6.07, 6.45) is 0. The first kappa shape index (κ1) is 26.5. The Bertz CT molecular complexity index is 1260. The number of rotatable bonds is 11. The number of carbonyl (C=O) groups excluding carboxylic acids is 2. The highest BCUT2D eigenvalue weighted by Crippen LogP contribution is 2.38. The quantitative estimate of drug-likeness (QED) is 0.213. The molecular formula is C32H30O6. The fourth-order valence-corrected chi connectivity index (χ4v) is 4.04. The van der Waals surface area contributed by atoms with Crippen molar-refractivity contribution in [1.82, 2.24) is 0 Å². The summed E-state index contributed by atoms with van der Waals surface area (Å²) >= 11 is 0. The van der Waals surface area contributed by atoms with Crippen LogP contribution in [0.25, 0.3) is 33.4 Å². The maximum atomic E-state index is 11.9. The van der Waals surface area contributed by atoms with E-state index in [0.717, 1.165) is 33.4 Å². The summed E-state index contributed by atoms with van der Waals surface area (Å²) in [4.78, 5) is 23.8. The third kappa shape index (κ3) is 6.79. The Balaban J connectivity index is 1.71. The molecule has 0 N–H and O–H groups in total. The van der Waals surface area contributed by atoms with Gasteiger partial charge in [0.1, 0.15) is 11.5 Å². The molecule has 38 heavy (non-hydrogen) atoms. The summed E-state index contributed by atoms with van der Waals surface area (Å²) in [5, 5.41) is 0. The van der Waals surface area contributed by atoms with E-state index in [9.17, 15) is 9.59 Å². The molecular weight excluding hydrogens is 480 g/mol. The van der Waals surface area contributed by atoms with Gasteiger partial charge in [0.25, 0.3) is 0 Å². The standard InChI is InChI=1S/C32H30O6/c1-3-35-31(33)21-37-29-17-15-25(19-27(29)23-11-7-5-8-12-23)26-16-18-30(38-22-32(34)36-4-2)28(20-26)24-13-9-6-10-14-24/h5-20H,3-4,21-22H2,1-2H3. The lowest BCUT2D eigenvalue weighted by Crippen LogP contribution is -2.15. The zero-order valence-corrected chi connectivity index (χ0v) is 21.5. The second kappa shape index (κ2) is 13.1. The minimum atomic E-state index is -0.415. The van der Waals surface area contributed by atoms with Crippen molar-refractivity contribution in [3.8, 4) is 44.9 Å². The average Bonchev–Trinajstić information content (AvgIpc) is 2.96.